The molecule has 0 saturated heterocycles. The highest BCUT2D eigenvalue weighted by Crippen LogP contribution is 2.25. The number of hydrogen-bond acceptors (Lipinski definition) is 2. The van der Waals surface area contributed by atoms with Crippen LogP contribution in [0.25, 0.3) is 0 Å². The molecule has 0 bridgehead atoms. The van der Waals surface area contributed by atoms with Crippen molar-refractivity contribution in [3.8, 4) is 0 Å². The van der Waals surface area contributed by atoms with Crippen LogP contribution in [0, 0.1) is 12.8 Å². The van der Waals surface area contributed by atoms with Gasteiger partial charge in [0.15, 0.2) is 0 Å². The van der Waals surface area contributed by atoms with Gasteiger partial charge in [-0.1, -0.05) is 32.1 Å². The van der Waals surface area contributed by atoms with Crippen molar-refractivity contribution in [2.24, 2.45) is 5.92 Å². The standard InChI is InChI=1S/C13H23N3/c1-11-13(10-15-16-11)9-14-8-7-12-5-3-2-4-6-12/h10,12,14H,2-9H2,1H3,(H,15,16). The first-order valence-corrected chi connectivity index (χ1v) is 6.56. The Balaban J connectivity index is 1.59. The van der Waals surface area contributed by atoms with E-state index >= 15 is 0 Å². The van der Waals surface area contributed by atoms with Crippen LogP contribution in [0.3, 0.4) is 0 Å². The third kappa shape index (κ3) is 3.34. The van der Waals surface area contributed by atoms with Gasteiger partial charge in [-0.05, 0) is 25.8 Å². The normalized spacial score (nSPS) is 17.8. The van der Waals surface area contributed by atoms with Gasteiger partial charge in [0.25, 0.3) is 0 Å². The zero-order valence-corrected chi connectivity index (χ0v) is 10.3. The molecule has 0 spiro atoms. The number of aromatic nitrogens is 2. The molecule has 0 amide bonds. The van der Waals surface area contributed by atoms with Gasteiger partial charge in [-0.15, -0.1) is 0 Å². The van der Waals surface area contributed by atoms with Crippen molar-refractivity contribution < 1.29 is 0 Å². The van der Waals surface area contributed by atoms with E-state index in [2.05, 4.69) is 22.4 Å². The van der Waals surface area contributed by atoms with Crippen molar-refractivity contribution in [2.45, 2.75) is 52.0 Å². The molecule has 0 unspecified atom stereocenters. The smallest absolute Gasteiger partial charge is 0.0535 e. The zero-order valence-electron chi connectivity index (χ0n) is 10.3. The molecule has 0 aliphatic heterocycles. The first-order valence-electron chi connectivity index (χ1n) is 6.56. The quantitative estimate of drug-likeness (QED) is 0.751. The molecule has 0 aromatic carbocycles. The fourth-order valence-electron chi connectivity index (χ4n) is 2.56. The lowest BCUT2D eigenvalue weighted by Crippen LogP contribution is -2.19. The Bertz CT molecular complexity index is 300. The Morgan fingerprint density at radius 2 is 2.19 bits per heavy atom. The average molecular weight is 221 g/mol. The molecule has 2 N–H and O–H groups in total. The largest absolute Gasteiger partial charge is 0.313 e. The molecule has 3 heteroatoms. The minimum Gasteiger partial charge on any atom is -0.313 e. The summed E-state index contributed by atoms with van der Waals surface area (Å²) < 4.78 is 0. The molecule has 0 radical (unpaired) electrons. The number of hydrogen-bond donors (Lipinski definition) is 2. The number of aryl methyl sites for hydroxylation is 1. The lowest BCUT2D eigenvalue weighted by molar-refractivity contribution is 0.334. The summed E-state index contributed by atoms with van der Waals surface area (Å²) in [6, 6.07) is 0. The summed E-state index contributed by atoms with van der Waals surface area (Å²) in [5, 5.41) is 10.5. The fourth-order valence-corrected chi connectivity index (χ4v) is 2.56. The molecule has 1 aromatic rings. The molecule has 1 aromatic heterocycles. The van der Waals surface area contributed by atoms with E-state index in [0.717, 1.165) is 19.0 Å². The number of aromatic amines is 1. The molecular formula is C13H23N3. The van der Waals surface area contributed by atoms with E-state index in [9.17, 15) is 0 Å². The topological polar surface area (TPSA) is 40.7 Å². The van der Waals surface area contributed by atoms with Crippen molar-refractivity contribution in [2.75, 3.05) is 6.54 Å². The number of rotatable bonds is 5. The lowest BCUT2D eigenvalue weighted by atomic mass is 9.87. The van der Waals surface area contributed by atoms with Crippen LogP contribution in [0.1, 0.15) is 49.8 Å². The van der Waals surface area contributed by atoms with Gasteiger partial charge in [0.1, 0.15) is 0 Å². The van der Waals surface area contributed by atoms with Crippen molar-refractivity contribution in [3.63, 3.8) is 0 Å². The zero-order chi connectivity index (χ0) is 11.2. The van der Waals surface area contributed by atoms with Crippen LogP contribution in [-0.2, 0) is 6.54 Å². The van der Waals surface area contributed by atoms with Crippen LogP contribution >= 0.6 is 0 Å². The van der Waals surface area contributed by atoms with E-state index in [1.54, 1.807) is 0 Å². The fraction of sp³-hybridized carbons (Fsp3) is 0.769. The Morgan fingerprint density at radius 1 is 1.38 bits per heavy atom. The first-order chi connectivity index (χ1) is 7.86. The van der Waals surface area contributed by atoms with Crippen LogP contribution in [-0.4, -0.2) is 16.7 Å². The summed E-state index contributed by atoms with van der Waals surface area (Å²) in [4.78, 5) is 0. The van der Waals surface area contributed by atoms with E-state index in [1.165, 1.54) is 49.8 Å². The summed E-state index contributed by atoms with van der Waals surface area (Å²) in [6.07, 6.45) is 10.5. The molecule has 2 rings (SSSR count). The van der Waals surface area contributed by atoms with Crippen molar-refractivity contribution in [3.05, 3.63) is 17.5 Å². The van der Waals surface area contributed by atoms with Gasteiger partial charge in [0, 0.05) is 17.8 Å². The number of nitrogens with zero attached hydrogens (tertiary/aromatic N) is 1. The van der Waals surface area contributed by atoms with Crippen LogP contribution in [0.5, 0.6) is 0 Å². The maximum atomic E-state index is 4.03. The van der Waals surface area contributed by atoms with E-state index < -0.39 is 0 Å². The summed E-state index contributed by atoms with van der Waals surface area (Å²) in [6.45, 7) is 4.18. The molecular weight excluding hydrogens is 198 g/mol. The minimum absolute atomic E-state index is 0.953. The maximum absolute atomic E-state index is 4.03. The third-order valence-electron chi connectivity index (χ3n) is 3.70. The highest BCUT2D eigenvalue weighted by atomic mass is 15.1. The monoisotopic (exact) mass is 221 g/mol. The second-order valence-corrected chi connectivity index (χ2v) is 4.99. The predicted octanol–water partition coefficient (Wildman–Crippen LogP) is 2.78. The summed E-state index contributed by atoms with van der Waals surface area (Å²) in [5.74, 6) is 0.978. The second kappa shape index (κ2) is 6.04. The van der Waals surface area contributed by atoms with Crippen LogP contribution < -0.4 is 5.32 Å². The molecule has 1 aliphatic rings. The molecule has 16 heavy (non-hydrogen) atoms. The van der Waals surface area contributed by atoms with Crippen LogP contribution in [0.4, 0.5) is 0 Å². The predicted molar refractivity (Wildman–Crippen MR) is 66.2 cm³/mol. The first kappa shape index (κ1) is 11.6. The lowest BCUT2D eigenvalue weighted by Gasteiger charge is -2.21. The van der Waals surface area contributed by atoms with Crippen molar-refractivity contribution >= 4 is 0 Å². The van der Waals surface area contributed by atoms with Gasteiger partial charge in [0.05, 0.1) is 6.20 Å². The second-order valence-electron chi connectivity index (χ2n) is 4.99. The van der Waals surface area contributed by atoms with Gasteiger partial charge in [-0.2, -0.15) is 5.10 Å². The van der Waals surface area contributed by atoms with Gasteiger partial charge >= 0.3 is 0 Å². The summed E-state index contributed by atoms with van der Waals surface area (Å²) >= 11 is 0. The van der Waals surface area contributed by atoms with Crippen molar-refractivity contribution in [1.82, 2.24) is 15.5 Å². The molecule has 3 nitrogen and oxygen atoms in total. The Labute approximate surface area is 98.0 Å². The Morgan fingerprint density at radius 3 is 2.88 bits per heavy atom. The minimum atomic E-state index is 0.953. The highest BCUT2D eigenvalue weighted by molar-refractivity contribution is 5.13. The average Bonchev–Trinajstić information content (AvgIpc) is 2.72. The Hall–Kier alpha value is -0.830. The molecule has 90 valence electrons. The third-order valence-corrected chi connectivity index (χ3v) is 3.70. The van der Waals surface area contributed by atoms with E-state index in [0.29, 0.717) is 0 Å². The van der Waals surface area contributed by atoms with Gasteiger partial charge in [-0.3, -0.25) is 5.10 Å². The number of H-pyrrole nitrogens is 1. The van der Waals surface area contributed by atoms with Crippen LogP contribution in [0.2, 0.25) is 0 Å². The van der Waals surface area contributed by atoms with Crippen molar-refractivity contribution in [1.29, 1.82) is 0 Å². The molecule has 1 fully saturated rings. The molecule has 1 aliphatic carbocycles. The van der Waals surface area contributed by atoms with E-state index in [-0.39, 0.29) is 0 Å². The SMILES string of the molecule is Cc1[nH]ncc1CNCCC1CCCCC1. The van der Waals surface area contributed by atoms with Gasteiger partial charge in [-0.25, -0.2) is 0 Å². The molecule has 1 saturated carbocycles. The summed E-state index contributed by atoms with van der Waals surface area (Å²) in [7, 11) is 0. The number of nitrogens with one attached hydrogen (secondary N) is 2. The highest BCUT2D eigenvalue weighted by Gasteiger charge is 2.12. The molecule has 0 atom stereocenters. The van der Waals surface area contributed by atoms with E-state index in [1.807, 2.05) is 6.20 Å². The van der Waals surface area contributed by atoms with Crippen LogP contribution in [0.15, 0.2) is 6.20 Å². The van der Waals surface area contributed by atoms with Gasteiger partial charge < -0.3 is 5.32 Å². The molecule has 1 heterocycles. The maximum Gasteiger partial charge on any atom is 0.0535 e. The summed E-state index contributed by atoms with van der Waals surface area (Å²) in [5.41, 5.74) is 2.48. The van der Waals surface area contributed by atoms with E-state index in [4.69, 9.17) is 0 Å². The Kier molecular flexibility index (Phi) is 4.40. The van der Waals surface area contributed by atoms with Gasteiger partial charge in [0.2, 0.25) is 0 Å².